The first-order valence-corrected chi connectivity index (χ1v) is 6.58. The van der Waals surface area contributed by atoms with Gasteiger partial charge in [-0.3, -0.25) is 14.4 Å². The third-order valence-electron chi connectivity index (χ3n) is 3.03. The van der Waals surface area contributed by atoms with Gasteiger partial charge in [-0.15, -0.1) is 0 Å². The van der Waals surface area contributed by atoms with E-state index in [1.54, 1.807) is 29.2 Å². The number of hydrogen-bond acceptors (Lipinski definition) is 4. The fraction of sp³-hybridized carbons (Fsp3) is 0.357. The molecule has 21 heavy (non-hydrogen) atoms. The number of carboxylic acids is 1. The van der Waals surface area contributed by atoms with E-state index in [9.17, 15) is 14.4 Å². The number of aliphatic carboxylic acids is 1. The van der Waals surface area contributed by atoms with E-state index in [2.05, 4.69) is 5.32 Å². The molecule has 7 nitrogen and oxygen atoms in total. The van der Waals surface area contributed by atoms with E-state index in [1.165, 1.54) is 0 Å². The number of benzene rings is 1. The third kappa shape index (κ3) is 4.20. The Morgan fingerprint density at radius 3 is 2.57 bits per heavy atom. The number of nitrogens with one attached hydrogen (secondary N) is 1. The summed E-state index contributed by atoms with van der Waals surface area (Å²) >= 11 is 0. The van der Waals surface area contributed by atoms with Gasteiger partial charge in [-0.25, -0.2) is 0 Å². The van der Waals surface area contributed by atoms with Crippen molar-refractivity contribution in [2.45, 2.75) is 12.8 Å². The van der Waals surface area contributed by atoms with Crippen LogP contribution in [0.5, 0.6) is 5.75 Å². The Labute approximate surface area is 121 Å². The molecule has 1 heterocycles. The molecule has 0 saturated carbocycles. The lowest BCUT2D eigenvalue weighted by molar-refractivity contribution is -0.138. The van der Waals surface area contributed by atoms with E-state index in [1.807, 2.05) is 0 Å². The highest BCUT2D eigenvalue weighted by Gasteiger charge is 2.21. The molecular weight excluding hydrogens is 276 g/mol. The van der Waals surface area contributed by atoms with Gasteiger partial charge in [-0.1, -0.05) is 0 Å². The van der Waals surface area contributed by atoms with Gasteiger partial charge in [0.15, 0.2) is 6.61 Å². The number of ether oxygens (including phenoxy) is 1. The molecule has 2 rings (SSSR count). The van der Waals surface area contributed by atoms with Gasteiger partial charge in [0.2, 0.25) is 5.91 Å². The Kier molecular flexibility index (Phi) is 4.76. The Hall–Kier alpha value is -2.57. The number of carbonyl (C=O) groups excluding carboxylic acids is 2. The average molecular weight is 292 g/mol. The van der Waals surface area contributed by atoms with Gasteiger partial charge >= 0.3 is 5.97 Å². The van der Waals surface area contributed by atoms with Gasteiger partial charge < -0.3 is 20.1 Å². The van der Waals surface area contributed by atoms with E-state index in [-0.39, 0.29) is 12.5 Å². The van der Waals surface area contributed by atoms with Crippen LogP contribution in [0.25, 0.3) is 0 Å². The lowest BCUT2D eigenvalue weighted by atomic mass is 10.3. The molecule has 1 saturated heterocycles. The smallest absolute Gasteiger partial charge is 0.322 e. The third-order valence-corrected chi connectivity index (χ3v) is 3.03. The van der Waals surface area contributed by atoms with Gasteiger partial charge in [0.1, 0.15) is 12.3 Å². The Bertz CT molecular complexity index is 541. The summed E-state index contributed by atoms with van der Waals surface area (Å²) in [5.41, 5.74) is 0.806. The number of nitrogens with zero attached hydrogens (tertiary/aromatic N) is 1. The largest absolute Gasteiger partial charge is 0.484 e. The maximum absolute atomic E-state index is 11.6. The number of rotatable bonds is 6. The predicted molar refractivity (Wildman–Crippen MR) is 74.2 cm³/mol. The highest BCUT2D eigenvalue weighted by atomic mass is 16.5. The lowest BCUT2D eigenvalue weighted by Gasteiger charge is -2.16. The average Bonchev–Trinajstić information content (AvgIpc) is 2.89. The van der Waals surface area contributed by atoms with Crippen LogP contribution in [0.1, 0.15) is 12.8 Å². The second-order valence-corrected chi connectivity index (χ2v) is 4.60. The summed E-state index contributed by atoms with van der Waals surface area (Å²) in [6.07, 6.45) is 1.43. The SMILES string of the molecule is O=C(O)CNC(=O)COc1ccc(N2CCCC2=O)cc1. The minimum atomic E-state index is -1.11. The summed E-state index contributed by atoms with van der Waals surface area (Å²) in [6.45, 7) is 0.0319. The second kappa shape index (κ2) is 6.74. The zero-order valence-electron chi connectivity index (χ0n) is 11.4. The van der Waals surface area contributed by atoms with Crippen molar-refractivity contribution in [3.63, 3.8) is 0 Å². The molecule has 1 aromatic rings. The zero-order chi connectivity index (χ0) is 15.2. The minimum absolute atomic E-state index is 0.108. The van der Waals surface area contributed by atoms with E-state index >= 15 is 0 Å². The van der Waals surface area contributed by atoms with Crippen LogP contribution in [0, 0.1) is 0 Å². The number of anilines is 1. The van der Waals surface area contributed by atoms with Crippen LogP contribution in [0.15, 0.2) is 24.3 Å². The standard InChI is InChI=1S/C14H16N2O5/c17-12(15-8-14(19)20)9-21-11-5-3-10(4-6-11)16-7-1-2-13(16)18/h3-6H,1-2,7-9H2,(H,15,17)(H,19,20). The quantitative estimate of drug-likeness (QED) is 0.791. The molecule has 0 aromatic heterocycles. The van der Waals surface area contributed by atoms with E-state index in [0.717, 1.165) is 18.7 Å². The molecule has 0 aliphatic carbocycles. The predicted octanol–water partition coefficient (Wildman–Crippen LogP) is 0.393. The molecule has 1 aliphatic heterocycles. The van der Waals surface area contributed by atoms with Crippen molar-refractivity contribution in [1.29, 1.82) is 0 Å². The molecule has 0 atom stereocenters. The number of carbonyl (C=O) groups is 3. The fourth-order valence-corrected chi connectivity index (χ4v) is 2.02. The molecule has 1 fully saturated rings. The minimum Gasteiger partial charge on any atom is -0.484 e. The van der Waals surface area contributed by atoms with E-state index in [0.29, 0.717) is 12.2 Å². The molecule has 0 unspecified atom stereocenters. The molecule has 0 spiro atoms. The molecular formula is C14H16N2O5. The summed E-state index contributed by atoms with van der Waals surface area (Å²) in [6, 6.07) is 6.86. The highest BCUT2D eigenvalue weighted by Crippen LogP contribution is 2.23. The van der Waals surface area contributed by atoms with Gasteiger partial charge in [0.05, 0.1) is 0 Å². The van der Waals surface area contributed by atoms with E-state index < -0.39 is 18.4 Å². The summed E-state index contributed by atoms with van der Waals surface area (Å²) in [5.74, 6) is -1.02. The van der Waals surface area contributed by atoms with Crippen molar-refractivity contribution in [2.75, 3.05) is 24.6 Å². The van der Waals surface area contributed by atoms with Gasteiger partial charge in [-0.2, -0.15) is 0 Å². The number of carboxylic acid groups (broad SMARTS) is 1. The van der Waals surface area contributed by atoms with Crippen molar-refractivity contribution in [3.8, 4) is 5.75 Å². The van der Waals surface area contributed by atoms with Crippen LogP contribution in [0.4, 0.5) is 5.69 Å². The monoisotopic (exact) mass is 292 g/mol. The van der Waals surface area contributed by atoms with Gasteiger partial charge in [0.25, 0.3) is 5.91 Å². The number of hydrogen-bond donors (Lipinski definition) is 2. The molecule has 2 amide bonds. The lowest BCUT2D eigenvalue weighted by Crippen LogP contribution is -2.33. The first-order chi connectivity index (χ1) is 10.1. The normalized spacial score (nSPS) is 14.1. The van der Waals surface area contributed by atoms with Gasteiger partial charge in [-0.05, 0) is 30.7 Å². The highest BCUT2D eigenvalue weighted by molar-refractivity contribution is 5.95. The molecule has 7 heteroatoms. The van der Waals surface area contributed by atoms with Crippen molar-refractivity contribution in [3.05, 3.63) is 24.3 Å². The van der Waals surface area contributed by atoms with Crippen LogP contribution < -0.4 is 15.0 Å². The van der Waals surface area contributed by atoms with Crippen LogP contribution in [-0.4, -0.2) is 42.6 Å². The first kappa shape index (κ1) is 14.8. The molecule has 0 radical (unpaired) electrons. The number of amides is 2. The van der Waals surface area contributed by atoms with Crippen LogP contribution in [0.3, 0.4) is 0 Å². The summed E-state index contributed by atoms with van der Waals surface area (Å²) in [5, 5.41) is 10.6. The van der Waals surface area contributed by atoms with E-state index in [4.69, 9.17) is 9.84 Å². The maximum Gasteiger partial charge on any atom is 0.322 e. The summed E-state index contributed by atoms with van der Waals surface area (Å²) in [7, 11) is 0. The second-order valence-electron chi connectivity index (χ2n) is 4.60. The molecule has 0 bridgehead atoms. The van der Waals surface area contributed by atoms with Crippen molar-refractivity contribution in [2.24, 2.45) is 0 Å². The first-order valence-electron chi connectivity index (χ1n) is 6.58. The molecule has 1 aromatic carbocycles. The van der Waals surface area contributed by atoms with Crippen LogP contribution in [-0.2, 0) is 14.4 Å². The Morgan fingerprint density at radius 1 is 1.29 bits per heavy atom. The van der Waals surface area contributed by atoms with Crippen LogP contribution in [0.2, 0.25) is 0 Å². The summed E-state index contributed by atoms with van der Waals surface area (Å²) < 4.78 is 5.24. The molecule has 2 N–H and O–H groups in total. The fourth-order valence-electron chi connectivity index (χ4n) is 2.02. The van der Waals surface area contributed by atoms with Gasteiger partial charge in [0, 0.05) is 18.7 Å². The zero-order valence-corrected chi connectivity index (χ0v) is 11.4. The Balaban J connectivity index is 1.83. The Morgan fingerprint density at radius 2 is 2.00 bits per heavy atom. The van der Waals surface area contributed by atoms with Crippen molar-refractivity contribution in [1.82, 2.24) is 5.32 Å². The topological polar surface area (TPSA) is 95.9 Å². The molecule has 1 aliphatic rings. The molecule has 112 valence electrons. The maximum atomic E-state index is 11.6. The summed E-state index contributed by atoms with van der Waals surface area (Å²) in [4.78, 5) is 34.9. The van der Waals surface area contributed by atoms with Crippen molar-refractivity contribution >= 4 is 23.5 Å². The van der Waals surface area contributed by atoms with Crippen LogP contribution >= 0.6 is 0 Å². The van der Waals surface area contributed by atoms with Crippen molar-refractivity contribution < 1.29 is 24.2 Å².